The molecule has 0 aliphatic carbocycles. The second-order valence-corrected chi connectivity index (χ2v) is 12.8. The van der Waals surface area contributed by atoms with Gasteiger partial charge in [0.25, 0.3) is 0 Å². The maximum atomic E-state index is 11.5. The number of amides is 1. The molecule has 4 aromatic rings. The Labute approximate surface area is 286 Å². The molecule has 2 aromatic heterocycles. The molecule has 1 saturated heterocycles. The lowest BCUT2D eigenvalue weighted by molar-refractivity contribution is -0.119. The molecule has 11 heteroatoms. The normalized spacial score (nSPS) is 15.2. The summed E-state index contributed by atoms with van der Waals surface area (Å²) in [7, 11) is 5.22. The number of aromatic nitrogens is 2. The van der Waals surface area contributed by atoms with Crippen molar-refractivity contribution >= 4 is 29.1 Å². The first-order chi connectivity index (χ1) is 22.6. The van der Waals surface area contributed by atoms with E-state index in [9.17, 15) is 9.90 Å². The molecule has 0 saturated carbocycles. The number of aliphatic hydroxyl groups excluding tert-OH is 1. The number of carbonyl (C=O) groups is 1. The van der Waals surface area contributed by atoms with Crippen LogP contribution in [0.1, 0.15) is 36.5 Å². The summed E-state index contributed by atoms with van der Waals surface area (Å²) in [6.45, 7) is 6.21. The Morgan fingerprint density at radius 1 is 1.09 bits per heavy atom. The van der Waals surface area contributed by atoms with E-state index < -0.39 is 6.10 Å². The van der Waals surface area contributed by atoms with E-state index in [4.69, 9.17) is 37.7 Å². The number of likely N-dealkylation sites (N-methyl/N-ethyl adjacent to an activating group) is 1. The Kier molecular flexibility index (Phi) is 11.4. The van der Waals surface area contributed by atoms with Crippen LogP contribution < -0.4 is 20.1 Å². The van der Waals surface area contributed by atoms with Crippen molar-refractivity contribution in [2.45, 2.75) is 51.9 Å². The molecule has 1 amide bonds. The van der Waals surface area contributed by atoms with E-state index in [1.807, 2.05) is 56.4 Å². The fraction of sp³-hybridized carbons (Fsp3) is 0.361. The Morgan fingerprint density at radius 2 is 1.85 bits per heavy atom. The second kappa shape index (κ2) is 15.4. The van der Waals surface area contributed by atoms with E-state index in [0.29, 0.717) is 59.9 Å². The number of hydrogen-bond acceptors (Lipinski definition) is 8. The van der Waals surface area contributed by atoms with Crippen molar-refractivity contribution in [3.05, 3.63) is 81.5 Å². The van der Waals surface area contributed by atoms with E-state index in [0.717, 1.165) is 51.1 Å². The van der Waals surface area contributed by atoms with Crippen LogP contribution in [0, 0.1) is 6.92 Å². The maximum Gasteiger partial charge on any atom is 0.220 e. The van der Waals surface area contributed by atoms with E-state index in [1.54, 1.807) is 27.3 Å². The number of pyridine rings is 2. The molecule has 2 atom stereocenters. The van der Waals surface area contributed by atoms with Gasteiger partial charge in [-0.3, -0.25) is 14.7 Å². The first-order valence-corrected chi connectivity index (χ1v) is 16.4. The molecule has 248 valence electrons. The topological polar surface area (TPSA) is 109 Å². The predicted molar refractivity (Wildman–Crippen MR) is 187 cm³/mol. The van der Waals surface area contributed by atoms with Crippen molar-refractivity contribution < 1.29 is 19.4 Å². The molecule has 1 aliphatic heterocycles. The minimum absolute atomic E-state index is 0.0990. The van der Waals surface area contributed by atoms with Gasteiger partial charge in [0.1, 0.15) is 5.75 Å². The van der Waals surface area contributed by atoms with Gasteiger partial charge in [-0.15, -0.1) is 0 Å². The highest BCUT2D eigenvalue weighted by Crippen LogP contribution is 2.42. The third-order valence-electron chi connectivity index (χ3n) is 8.31. The molecule has 2 aromatic carbocycles. The number of aryl methyl sites for hydroxylation is 1. The molecule has 0 spiro atoms. The van der Waals surface area contributed by atoms with Crippen LogP contribution in [0.4, 0.5) is 0 Å². The molecule has 0 bridgehead atoms. The Morgan fingerprint density at radius 3 is 2.55 bits per heavy atom. The van der Waals surface area contributed by atoms with Gasteiger partial charge in [0.05, 0.1) is 41.8 Å². The average molecular weight is 679 g/mol. The van der Waals surface area contributed by atoms with Gasteiger partial charge in [0, 0.05) is 78.2 Å². The lowest BCUT2D eigenvalue weighted by atomic mass is 9.97. The molecule has 3 N–H and O–H groups in total. The summed E-state index contributed by atoms with van der Waals surface area (Å²) in [4.78, 5) is 23.0. The van der Waals surface area contributed by atoms with E-state index in [2.05, 4.69) is 26.6 Å². The van der Waals surface area contributed by atoms with Gasteiger partial charge in [-0.05, 0) is 57.1 Å². The Balaban J connectivity index is 1.42. The first kappa shape index (κ1) is 34.6. The zero-order chi connectivity index (χ0) is 33.7. The fourth-order valence-corrected chi connectivity index (χ4v) is 6.67. The van der Waals surface area contributed by atoms with Crippen LogP contribution in [0.3, 0.4) is 0 Å². The van der Waals surface area contributed by atoms with Gasteiger partial charge in [-0.2, -0.15) is 0 Å². The van der Waals surface area contributed by atoms with Crippen molar-refractivity contribution in [3.8, 4) is 45.3 Å². The largest absolute Gasteiger partial charge is 0.496 e. The molecule has 0 radical (unpaired) electrons. The van der Waals surface area contributed by atoms with Crippen molar-refractivity contribution in [3.63, 3.8) is 0 Å². The standard InChI is InChI=1S/C36H41Cl2N5O4/c1-21-15-24(16-31(46-4)29(21)20-43(3)19-22(2)44)35-34(38)27(13-14-40-35)26-7-6-8-28(33(26)37)30-11-9-23(36(42-30)47-5)17-39-18-25-10-12-32(45)41-25/h6-9,11,13-16,22,25,39,44H,10,12,17-20H2,1-5H3,(H,41,45)/t22?,25-/m1/s1. The number of nitrogens with zero attached hydrogens (tertiary/aromatic N) is 3. The van der Waals surface area contributed by atoms with Gasteiger partial charge < -0.3 is 25.2 Å². The summed E-state index contributed by atoms with van der Waals surface area (Å²) >= 11 is 14.2. The molecule has 47 heavy (non-hydrogen) atoms. The number of rotatable bonds is 13. The highest BCUT2D eigenvalue weighted by molar-refractivity contribution is 6.39. The van der Waals surface area contributed by atoms with Gasteiger partial charge in [-0.25, -0.2) is 4.98 Å². The maximum absolute atomic E-state index is 11.5. The van der Waals surface area contributed by atoms with E-state index in [-0.39, 0.29) is 11.9 Å². The summed E-state index contributed by atoms with van der Waals surface area (Å²) in [5, 5.41) is 17.2. The average Bonchev–Trinajstić information content (AvgIpc) is 3.46. The monoisotopic (exact) mass is 677 g/mol. The van der Waals surface area contributed by atoms with Gasteiger partial charge >= 0.3 is 0 Å². The van der Waals surface area contributed by atoms with Crippen LogP contribution in [0.25, 0.3) is 33.6 Å². The summed E-state index contributed by atoms with van der Waals surface area (Å²) in [5.74, 6) is 1.33. The third kappa shape index (κ3) is 8.05. The zero-order valence-corrected chi connectivity index (χ0v) is 28.9. The smallest absolute Gasteiger partial charge is 0.220 e. The molecule has 1 fully saturated rings. The summed E-state index contributed by atoms with van der Waals surface area (Å²) in [5.41, 5.74) is 7.32. The zero-order valence-electron chi connectivity index (χ0n) is 27.4. The van der Waals surface area contributed by atoms with Crippen LogP contribution in [0.15, 0.2) is 54.7 Å². The van der Waals surface area contributed by atoms with Crippen LogP contribution >= 0.6 is 23.2 Å². The molecular weight excluding hydrogens is 637 g/mol. The molecule has 9 nitrogen and oxygen atoms in total. The minimum atomic E-state index is -0.431. The lowest BCUT2D eigenvalue weighted by Gasteiger charge is -2.22. The highest BCUT2D eigenvalue weighted by atomic mass is 35.5. The molecule has 1 unspecified atom stereocenters. The van der Waals surface area contributed by atoms with Crippen LogP contribution in [0.5, 0.6) is 11.6 Å². The fourth-order valence-electron chi connectivity index (χ4n) is 6.02. The molecule has 5 rings (SSSR count). The van der Waals surface area contributed by atoms with Gasteiger partial charge in [-0.1, -0.05) is 47.5 Å². The Bertz CT molecular complexity index is 1750. The predicted octanol–water partition coefficient (Wildman–Crippen LogP) is 6.29. The summed E-state index contributed by atoms with van der Waals surface area (Å²) in [6.07, 6.45) is 2.71. The van der Waals surface area contributed by atoms with Gasteiger partial charge in [0.2, 0.25) is 11.8 Å². The van der Waals surface area contributed by atoms with Crippen molar-refractivity contribution in [1.82, 2.24) is 25.5 Å². The lowest BCUT2D eigenvalue weighted by Crippen LogP contribution is -2.35. The van der Waals surface area contributed by atoms with Crippen molar-refractivity contribution in [2.24, 2.45) is 0 Å². The molecule has 3 heterocycles. The van der Waals surface area contributed by atoms with Crippen LogP contribution in [-0.4, -0.2) is 72.4 Å². The van der Waals surface area contributed by atoms with Crippen molar-refractivity contribution in [1.29, 1.82) is 0 Å². The molecular formula is C36H41Cl2N5O4. The summed E-state index contributed by atoms with van der Waals surface area (Å²) in [6, 6.07) is 15.7. The number of hydrogen-bond donors (Lipinski definition) is 3. The number of halogens is 2. The van der Waals surface area contributed by atoms with Crippen LogP contribution in [0.2, 0.25) is 10.0 Å². The second-order valence-electron chi connectivity index (χ2n) is 12.0. The number of nitrogens with one attached hydrogen (secondary N) is 2. The highest BCUT2D eigenvalue weighted by Gasteiger charge is 2.22. The number of ether oxygens (including phenoxy) is 2. The third-order valence-corrected chi connectivity index (χ3v) is 9.10. The number of benzene rings is 2. The van der Waals surface area contributed by atoms with Crippen molar-refractivity contribution in [2.75, 3.05) is 34.4 Å². The molecule has 1 aliphatic rings. The number of methoxy groups -OCH3 is 2. The summed E-state index contributed by atoms with van der Waals surface area (Å²) < 4.78 is 11.4. The first-order valence-electron chi connectivity index (χ1n) is 15.6. The number of carbonyl (C=O) groups excluding carboxylic acids is 1. The quantitative estimate of drug-likeness (QED) is 0.152. The number of aliphatic hydroxyl groups is 1. The van der Waals surface area contributed by atoms with Crippen LogP contribution in [-0.2, 0) is 17.9 Å². The Hall–Kier alpha value is -3.73. The van der Waals surface area contributed by atoms with E-state index in [1.165, 1.54) is 0 Å². The van der Waals surface area contributed by atoms with Gasteiger partial charge in [0.15, 0.2) is 0 Å². The van der Waals surface area contributed by atoms with E-state index >= 15 is 0 Å². The SMILES string of the molecule is COc1cc(-c2nccc(-c3cccc(-c4ccc(CNC[C@H]5CCC(=O)N5)c(OC)n4)c3Cl)c2Cl)cc(C)c1CN(C)CC(C)O. The minimum Gasteiger partial charge on any atom is -0.496 e.